The molecule has 1 rings (SSSR count). The van der Waals surface area contributed by atoms with Crippen molar-refractivity contribution in [3.8, 4) is 0 Å². The van der Waals surface area contributed by atoms with Crippen molar-refractivity contribution in [1.29, 1.82) is 0 Å². The summed E-state index contributed by atoms with van der Waals surface area (Å²) in [6.07, 6.45) is 1.99. The first-order chi connectivity index (χ1) is 10.1. The number of hydrogen-bond donors (Lipinski definition) is 1. The average molecular weight is 369 g/mol. The van der Waals surface area contributed by atoms with E-state index in [1.54, 1.807) is 5.38 Å². The minimum atomic E-state index is -3.35. The average Bonchev–Trinajstić information content (AvgIpc) is 2.82. The van der Waals surface area contributed by atoms with Crippen molar-refractivity contribution in [2.24, 2.45) is 5.92 Å². The Morgan fingerprint density at radius 3 is 2.50 bits per heavy atom. The van der Waals surface area contributed by atoms with Crippen LogP contribution in [0.1, 0.15) is 37.4 Å². The van der Waals surface area contributed by atoms with E-state index in [1.807, 2.05) is 0 Å². The molecule has 0 saturated heterocycles. The van der Waals surface area contributed by atoms with Gasteiger partial charge in [0.2, 0.25) is 10.0 Å². The van der Waals surface area contributed by atoms with Crippen LogP contribution in [0.2, 0.25) is 0 Å². The Morgan fingerprint density at radius 1 is 1.23 bits per heavy atom. The molecular formula is C13H24N2O4S3. The molecule has 0 radical (unpaired) electrons. The van der Waals surface area contributed by atoms with Gasteiger partial charge in [-0.15, -0.1) is 11.3 Å². The van der Waals surface area contributed by atoms with E-state index >= 15 is 0 Å². The third-order valence-corrected chi connectivity index (χ3v) is 7.13. The number of nitrogens with zero attached hydrogens (tertiary/aromatic N) is 1. The van der Waals surface area contributed by atoms with E-state index < -0.39 is 19.9 Å². The van der Waals surface area contributed by atoms with Crippen LogP contribution in [0.5, 0.6) is 0 Å². The minimum Gasteiger partial charge on any atom is -0.245 e. The molecule has 9 heteroatoms. The van der Waals surface area contributed by atoms with E-state index in [0.29, 0.717) is 11.6 Å². The summed E-state index contributed by atoms with van der Waals surface area (Å²) in [4.78, 5) is 4.35. The van der Waals surface area contributed by atoms with Crippen LogP contribution in [-0.4, -0.2) is 40.4 Å². The number of thiazole rings is 1. The fourth-order valence-electron chi connectivity index (χ4n) is 1.81. The van der Waals surface area contributed by atoms with Crippen LogP contribution in [0, 0.1) is 5.92 Å². The molecule has 22 heavy (non-hydrogen) atoms. The molecule has 1 heterocycles. The third kappa shape index (κ3) is 7.66. The maximum atomic E-state index is 12.0. The summed E-state index contributed by atoms with van der Waals surface area (Å²) in [7, 11) is -5.37. The lowest BCUT2D eigenvalue weighted by atomic mass is 10.1. The van der Waals surface area contributed by atoms with Gasteiger partial charge in [-0.1, -0.05) is 13.8 Å². The molecule has 0 saturated carbocycles. The van der Waals surface area contributed by atoms with Crippen LogP contribution in [0.15, 0.2) is 5.38 Å². The molecule has 0 aliphatic heterocycles. The Hall–Kier alpha value is -0.510. The van der Waals surface area contributed by atoms with Crippen LogP contribution in [-0.2, 0) is 32.0 Å². The van der Waals surface area contributed by atoms with Crippen molar-refractivity contribution in [3.05, 3.63) is 16.1 Å². The smallest absolute Gasteiger partial charge is 0.211 e. The van der Waals surface area contributed by atoms with Gasteiger partial charge in [-0.05, 0) is 32.2 Å². The molecule has 0 bridgehead atoms. The van der Waals surface area contributed by atoms with Gasteiger partial charge in [0.15, 0.2) is 9.84 Å². The van der Waals surface area contributed by atoms with Crippen LogP contribution in [0.25, 0.3) is 0 Å². The molecule has 0 aliphatic carbocycles. The Morgan fingerprint density at radius 2 is 1.91 bits per heavy atom. The zero-order valence-electron chi connectivity index (χ0n) is 13.2. The normalized spacial score (nSPS) is 12.9. The second-order valence-corrected chi connectivity index (χ2v) is 10.8. The van der Waals surface area contributed by atoms with Crippen molar-refractivity contribution >= 4 is 31.2 Å². The molecule has 0 fully saturated rings. The van der Waals surface area contributed by atoms with Gasteiger partial charge in [-0.3, -0.25) is 0 Å². The topological polar surface area (TPSA) is 93.2 Å². The number of sulfonamides is 1. The quantitative estimate of drug-likeness (QED) is 0.677. The molecule has 1 aromatic rings. The van der Waals surface area contributed by atoms with Gasteiger partial charge >= 0.3 is 0 Å². The summed E-state index contributed by atoms with van der Waals surface area (Å²) < 4.78 is 48.7. The zero-order chi connectivity index (χ0) is 16.8. The van der Waals surface area contributed by atoms with Gasteiger partial charge in [0.1, 0.15) is 0 Å². The summed E-state index contributed by atoms with van der Waals surface area (Å²) in [6.45, 7) is 4.27. The number of hydrogen-bond acceptors (Lipinski definition) is 6. The molecule has 1 aromatic heterocycles. The van der Waals surface area contributed by atoms with Crippen LogP contribution in [0.4, 0.5) is 0 Å². The SMILES string of the molecule is CNS(=O)(=O)CCCS(=O)(=O)Cc1csc(CCC(C)C)n1. The van der Waals surface area contributed by atoms with E-state index in [4.69, 9.17) is 0 Å². The van der Waals surface area contributed by atoms with Gasteiger partial charge in [-0.25, -0.2) is 26.5 Å². The molecule has 0 atom stereocenters. The van der Waals surface area contributed by atoms with Crippen molar-refractivity contribution in [1.82, 2.24) is 9.71 Å². The number of nitrogens with one attached hydrogen (secondary N) is 1. The van der Waals surface area contributed by atoms with Gasteiger partial charge < -0.3 is 0 Å². The fourth-order valence-corrected chi connectivity index (χ4v) is 4.97. The van der Waals surface area contributed by atoms with E-state index in [1.165, 1.54) is 18.4 Å². The highest BCUT2D eigenvalue weighted by molar-refractivity contribution is 7.91. The van der Waals surface area contributed by atoms with Gasteiger partial charge in [-0.2, -0.15) is 0 Å². The Balaban J connectivity index is 2.51. The first-order valence-electron chi connectivity index (χ1n) is 7.18. The molecule has 0 aromatic carbocycles. The Bertz CT molecular complexity index is 663. The van der Waals surface area contributed by atoms with Crippen molar-refractivity contribution < 1.29 is 16.8 Å². The van der Waals surface area contributed by atoms with Crippen molar-refractivity contribution in [2.75, 3.05) is 18.6 Å². The van der Waals surface area contributed by atoms with E-state index in [2.05, 4.69) is 23.6 Å². The first kappa shape index (κ1) is 19.5. The number of sulfone groups is 1. The summed E-state index contributed by atoms with van der Waals surface area (Å²) in [6, 6.07) is 0. The number of aryl methyl sites for hydroxylation is 1. The molecule has 0 spiro atoms. The van der Waals surface area contributed by atoms with Gasteiger partial charge in [0.25, 0.3) is 0 Å². The van der Waals surface area contributed by atoms with Crippen LogP contribution < -0.4 is 4.72 Å². The van der Waals surface area contributed by atoms with E-state index in [-0.39, 0.29) is 23.7 Å². The number of aromatic nitrogens is 1. The summed E-state index contributed by atoms with van der Waals surface area (Å²) >= 11 is 1.48. The zero-order valence-corrected chi connectivity index (χ0v) is 15.7. The Labute approximate surface area is 137 Å². The maximum Gasteiger partial charge on any atom is 0.211 e. The van der Waals surface area contributed by atoms with Crippen molar-refractivity contribution in [3.63, 3.8) is 0 Å². The predicted molar refractivity (Wildman–Crippen MR) is 90.2 cm³/mol. The second kappa shape index (κ2) is 8.37. The molecule has 6 nitrogen and oxygen atoms in total. The molecule has 0 unspecified atom stereocenters. The van der Waals surface area contributed by atoms with E-state index in [0.717, 1.165) is 17.8 Å². The molecule has 128 valence electrons. The lowest BCUT2D eigenvalue weighted by molar-refractivity contribution is 0.582. The molecule has 1 N–H and O–H groups in total. The monoisotopic (exact) mass is 368 g/mol. The minimum absolute atomic E-state index is 0.0931. The molecule has 0 amide bonds. The molecule has 0 aliphatic rings. The second-order valence-electron chi connectivity index (χ2n) is 5.63. The largest absolute Gasteiger partial charge is 0.245 e. The van der Waals surface area contributed by atoms with Gasteiger partial charge in [0, 0.05) is 5.38 Å². The lowest BCUT2D eigenvalue weighted by Gasteiger charge is -2.04. The summed E-state index contributed by atoms with van der Waals surface area (Å²) in [5, 5.41) is 2.73. The molecular weight excluding hydrogens is 344 g/mol. The summed E-state index contributed by atoms with van der Waals surface area (Å²) in [5.74, 6) is 0.141. The van der Waals surface area contributed by atoms with Gasteiger partial charge in [0.05, 0.1) is 28.0 Å². The van der Waals surface area contributed by atoms with E-state index in [9.17, 15) is 16.8 Å². The lowest BCUT2D eigenvalue weighted by Crippen LogP contribution is -2.23. The highest BCUT2D eigenvalue weighted by Gasteiger charge is 2.16. The fraction of sp³-hybridized carbons (Fsp3) is 0.769. The summed E-state index contributed by atoms with van der Waals surface area (Å²) in [5.41, 5.74) is 0.556. The maximum absolute atomic E-state index is 12.0. The standard InChI is InChI=1S/C13H24N2O4S3/c1-11(2)5-6-13-15-12(9-20-13)10-21(16,17)7-4-8-22(18,19)14-3/h9,11,14H,4-8,10H2,1-3H3. The number of rotatable bonds is 10. The Kier molecular flexibility index (Phi) is 7.43. The predicted octanol–water partition coefficient (Wildman–Crippen LogP) is 1.59. The first-order valence-corrected chi connectivity index (χ1v) is 11.5. The third-order valence-electron chi connectivity index (χ3n) is 3.08. The van der Waals surface area contributed by atoms with Crippen molar-refractivity contribution in [2.45, 2.75) is 38.9 Å². The highest BCUT2D eigenvalue weighted by Crippen LogP contribution is 2.16. The van der Waals surface area contributed by atoms with Crippen LogP contribution >= 0.6 is 11.3 Å². The highest BCUT2D eigenvalue weighted by atomic mass is 32.2. The van der Waals surface area contributed by atoms with Crippen LogP contribution in [0.3, 0.4) is 0 Å².